The first-order valence-electron chi connectivity index (χ1n) is 14.5. The first kappa shape index (κ1) is 30.5. The van der Waals surface area contributed by atoms with Gasteiger partial charge >= 0.3 is 0 Å². The van der Waals surface area contributed by atoms with Crippen LogP contribution in [0.3, 0.4) is 0 Å². The van der Waals surface area contributed by atoms with Crippen LogP contribution in [0, 0.1) is 5.92 Å². The van der Waals surface area contributed by atoms with Crippen molar-refractivity contribution in [2.45, 2.75) is 168 Å². The van der Waals surface area contributed by atoms with Crippen molar-refractivity contribution in [3.8, 4) is 0 Å². The number of carbonyl (C=O) groups excluding carboxylic acids is 1. The second kappa shape index (κ2) is 25.7. The van der Waals surface area contributed by atoms with Gasteiger partial charge in [-0.25, -0.2) is 0 Å². The predicted molar refractivity (Wildman–Crippen MR) is 140 cm³/mol. The maximum atomic E-state index is 12.2. The summed E-state index contributed by atoms with van der Waals surface area (Å²) in [6.45, 7) is 4.56. The molecule has 0 bridgehead atoms. The minimum atomic E-state index is 0.252. The summed E-state index contributed by atoms with van der Waals surface area (Å²) in [5.41, 5.74) is 0. The van der Waals surface area contributed by atoms with E-state index >= 15 is 0 Å². The van der Waals surface area contributed by atoms with Gasteiger partial charge in [0.1, 0.15) is 0 Å². The van der Waals surface area contributed by atoms with Crippen LogP contribution in [-0.4, -0.2) is 13.0 Å². The molecule has 0 saturated carbocycles. The van der Waals surface area contributed by atoms with Crippen LogP contribution in [0.2, 0.25) is 0 Å². The van der Waals surface area contributed by atoms with Gasteiger partial charge in [0.25, 0.3) is 0 Å². The number of unbranched alkanes of at least 4 members (excludes halogenated alkanes) is 20. The highest BCUT2D eigenvalue weighted by Gasteiger charge is 2.16. The number of nitrogens with one attached hydrogen (secondary N) is 1. The fraction of sp³-hybridized carbons (Fsp3) is 0.966. The van der Waals surface area contributed by atoms with Crippen molar-refractivity contribution < 1.29 is 4.79 Å². The van der Waals surface area contributed by atoms with Crippen LogP contribution < -0.4 is 5.32 Å². The lowest BCUT2D eigenvalue weighted by Crippen LogP contribution is -2.27. The minimum Gasteiger partial charge on any atom is -0.359 e. The molecule has 1 N–H and O–H groups in total. The van der Waals surface area contributed by atoms with E-state index in [9.17, 15) is 4.79 Å². The van der Waals surface area contributed by atoms with Crippen LogP contribution in [0.1, 0.15) is 168 Å². The number of hydrogen-bond donors (Lipinski definition) is 1. The Balaban J connectivity index is 3.52. The number of amides is 1. The fourth-order valence-electron chi connectivity index (χ4n) is 4.72. The molecule has 1 unspecified atom stereocenters. The molecule has 186 valence electrons. The Kier molecular flexibility index (Phi) is 25.3. The average Bonchev–Trinajstić information content (AvgIpc) is 2.79. The quantitative estimate of drug-likeness (QED) is 0.141. The number of hydrogen-bond acceptors (Lipinski definition) is 1. The summed E-state index contributed by atoms with van der Waals surface area (Å²) >= 11 is 0. The molecule has 0 aliphatic heterocycles. The van der Waals surface area contributed by atoms with E-state index in [1.54, 1.807) is 7.05 Å². The predicted octanol–water partition coefficient (Wildman–Crippen LogP) is 9.75. The van der Waals surface area contributed by atoms with Crippen LogP contribution >= 0.6 is 0 Å². The van der Waals surface area contributed by atoms with Crippen LogP contribution in [0.15, 0.2) is 0 Å². The molecule has 0 aromatic heterocycles. The van der Waals surface area contributed by atoms with E-state index < -0.39 is 0 Å². The molecule has 0 saturated heterocycles. The van der Waals surface area contributed by atoms with Gasteiger partial charge in [-0.15, -0.1) is 0 Å². The van der Waals surface area contributed by atoms with Crippen LogP contribution in [-0.2, 0) is 4.79 Å². The highest BCUT2D eigenvalue weighted by Crippen LogP contribution is 2.20. The molecule has 0 aliphatic rings. The lowest BCUT2D eigenvalue weighted by molar-refractivity contribution is -0.125. The van der Waals surface area contributed by atoms with E-state index in [4.69, 9.17) is 0 Å². The van der Waals surface area contributed by atoms with Crippen molar-refractivity contribution in [3.05, 3.63) is 0 Å². The van der Waals surface area contributed by atoms with Crippen molar-refractivity contribution in [3.63, 3.8) is 0 Å². The van der Waals surface area contributed by atoms with Crippen molar-refractivity contribution in [1.29, 1.82) is 0 Å². The van der Waals surface area contributed by atoms with Gasteiger partial charge in [0.05, 0.1) is 0 Å². The van der Waals surface area contributed by atoms with Gasteiger partial charge in [-0.3, -0.25) is 4.79 Å². The SMILES string of the molecule is CCCCCCCCCCCCCCCCC(CCCCCCCCCC)C(=O)NC. The molecule has 1 atom stereocenters. The van der Waals surface area contributed by atoms with Crippen LogP contribution in [0.25, 0.3) is 0 Å². The highest BCUT2D eigenvalue weighted by molar-refractivity contribution is 5.78. The normalized spacial score (nSPS) is 12.2. The third-order valence-electron chi connectivity index (χ3n) is 6.93. The van der Waals surface area contributed by atoms with Gasteiger partial charge < -0.3 is 5.32 Å². The summed E-state index contributed by atoms with van der Waals surface area (Å²) in [5, 5.41) is 2.90. The van der Waals surface area contributed by atoms with Crippen molar-refractivity contribution in [2.24, 2.45) is 5.92 Å². The summed E-state index contributed by atoms with van der Waals surface area (Å²) < 4.78 is 0. The van der Waals surface area contributed by atoms with Crippen molar-refractivity contribution in [2.75, 3.05) is 7.05 Å². The third-order valence-corrected chi connectivity index (χ3v) is 6.93. The van der Waals surface area contributed by atoms with Crippen molar-refractivity contribution in [1.82, 2.24) is 5.32 Å². The number of rotatable bonds is 25. The summed E-state index contributed by atoms with van der Waals surface area (Å²) in [6.07, 6.45) is 32.5. The summed E-state index contributed by atoms with van der Waals surface area (Å²) in [4.78, 5) is 12.2. The third kappa shape index (κ3) is 22.5. The van der Waals surface area contributed by atoms with Gasteiger partial charge in [-0.1, -0.05) is 155 Å². The zero-order valence-corrected chi connectivity index (χ0v) is 22.0. The molecule has 0 aromatic rings. The van der Waals surface area contributed by atoms with E-state index in [-0.39, 0.29) is 11.8 Å². The molecule has 0 spiro atoms. The standard InChI is InChI=1S/C29H59NO/c1-4-6-8-10-12-14-15-16-17-18-19-21-23-25-27-28(29(31)30-3)26-24-22-20-13-11-9-7-5-2/h28H,4-27H2,1-3H3,(H,30,31). The summed E-state index contributed by atoms with van der Waals surface area (Å²) in [5.74, 6) is 0.528. The van der Waals surface area contributed by atoms with Crippen LogP contribution in [0.4, 0.5) is 0 Å². The first-order chi connectivity index (χ1) is 15.3. The van der Waals surface area contributed by atoms with Gasteiger partial charge in [0.15, 0.2) is 0 Å². The largest absolute Gasteiger partial charge is 0.359 e. The Hall–Kier alpha value is -0.530. The minimum absolute atomic E-state index is 0.252. The maximum Gasteiger partial charge on any atom is 0.222 e. The monoisotopic (exact) mass is 437 g/mol. The van der Waals surface area contributed by atoms with Crippen molar-refractivity contribution >= 4 is 5.91 Å². The molecule has 0 fully saturated rings. The molecular weight excluding hydrogens is 378 g/mol. The molecule has 0 rings (SSSR count). The van der Waals surface area contributed by atoms with E-state index in [0.29, 0.717) is 0 Å². The van der Waals surface area contributed by atoms with Gasteiger partial charge in [0.2, 0.25) is 5.91 Å². The van der Waals surface area contributed by atoms with Crippen LogP contribution in [0.5, 0.6) is 0 Å². The Morgan fingerprint density at radius 1 is 0.484 bits per heavy atom. The Morgan fingerprint density at radius 2 is 0.742 bits per heavy atom. The Morgan fingerprint density at radius 3 is 1.00 bits per heavy atom. The molecule has 0 radical (unpaired) electrons. The van der Waals surface area contributed by atoms with E-state index in [1.807, 2.05) is 0 Å². The Bertz CT molecular complexity index is 355. The zero-order chi connectivity index (χ0) is 22.8. The molecule has 1 amide bonds. The average molecular weight is 438 g/mol. The van der Waals surface area contributed by atoms with Gasteiger partial charge in [0, 0.05) is 13.0 Å². The fourth-order valence-corrected chi connectivity index (χ4v) is 4.72. The van der Waals surface area contributed by atoms with Gasteiger partial charge in [-0.05, 0) is 12.8 Å². The molecule has 0 aromatic carbocycles. The molecular formula is C29H59NO. The second-order valence-electron chi connectivity index (χ2n) is 9.96. The molecule has 0 heterocycles. The second-order valence-corrected chi connectivity index (χ2v) is 9.96. The maximum absolute atomic E-state index is 12.2. The Labute approximate surface area is 197 Å². The van der Waals surface area contributed by atoms with E-state index in [2.05, 4.69) is 19.2 Å². The van der Waals surface area contributed by atoms with E-state index in [0.717, 1.165) is 12.8 Å². The molecule has 31 heavy (non-hydrogen) atoms. The zero-order valence-electron chi connectivity index (χ0n) is 22.0. The topological polar surface area (TPSA) is 29.1 Å². The smallest absolute Gasteiger partial charge is 0.222 e. The molecule has 2 nitrogen and oxygen atoms in total. The summed E-state index contributed by atoms with van der Waals surface area (Å²) in [7, 11) is 1.80. The van der Waals surface area contributed by atoms with Gasteiger partial charge in [-0.2, -0.15) is 0 Å². The molecule has 0 aliphatic carbocycles. The number of carbonyl (C=O) groups is 1. The lowest BCUT2D eigenvalue weighted by atomic mass is 9.93. The lowest BCUT2D eigenvalue weighted by Gasteiger charge is -2.15. The van der Waals surface area contributed by atoms with E-state index in [1.165, 1.54) is 141 Å². The molecule has 2 heteroatoms. The first-order valence-corrected chi connectivity index (χ1v) is 14.5. The summed E-state index contributed by atoms with van der Waals surface area (Å²) in [6, 6.07) is 0. The highest BCUT2D eigenvalue weighted by atomic mass is 16.1.